The van der Waals surface area contributed by atoms with Crippen molar-refractivity contribution in [3.63, 3.8) is 0 Å². The van der Waals surface area contributed by atoms with Gasteiger partial charge in [-0.25, -0.2) is 9.37 Å². The fraction of sp³-hybridized carbons (Fsp3) is 0.296. The minimum atomic E-state index is -0.374. The highest BCUT2D eigenvalue weighted by molar-refractivity contribution is 5.87. The first-order valence-electron chi connectivity index (χ1n) is 11.8. The molecule has 0 amide bonds. The standard InChI is InChI=1S/C27H27FN6/c1-15(2)22-14-30-34-25(11-24(33-27(22)34)17-9-18(28)13-29-12-17)31-19-7-8-23-21(10-19)20-6-4-5-16(3)26(20)32-23/h4-6,9,11-15,19,31-32H,7-8,10H2,1-3H3/t19-/m0/s1. The molecule has 1 aromatic carbocycles. The molecular formula is C27H27FN6. The number of fused-ring (bicyclic) bond motifs is 4. The Kier molecular flexibility index (Phi) is 4.86. The summed E-state index contributed by atoms with van der Waals surface area (Å²) in [6, 6.07) is 10.2. The van der Waals surface area contributed by atoms with Crippen molar-refractivity contribution in [3.8, 4) is 11.3 Å². The van der Waals surface area contributed by atoms with Gasteiger partial charge in [0.2, 0.25) is 0 Å². The Labute approximate surface area is 197 Å². The number of pyridine rings is 1. The van der Waals surface area contributed by atoms with Crippen molar-refractivity contribution < 1.29 is 4.39 Å². The zero-order valence-corrected chi connectivity index (χ0v) is 19.6. The van der Waals surface area contributed by atoms with E-state index in [2.05, 4.69) is 59.4 Å². The van der Waals surface area contributed by atoms with Crippen LogP contribution < -0.4 is 5.32 Å². The van der Waals surface area contributed by atoms with Crippen LogP contribution in [0.3, 0.4) is 0 Å². The third-order valence-corrected chi connectivity index (χ3v) is 6.91. The van der Waals surface area contributed by atoms with Crippen LogP contribution in [0, 0.1) is 12.7 Å². The van der Waals surface area contributed by atoms with Crippen molar-refractivity contribution in [3.05, 3.63) is 77.1 Å². The van der Waals surface area contributed by atoms with E-state index in [0.29, 0.717) is 11.3 Å². The number of H-pyrrole nitrogens is 1. The molecule has 0 saturated carbocycles. The van der Waals surface area contributed by atoms with Gasteiger partial charge in [-0.2, -0.15) is 9.61 Å². The number of aromatic amines is 1. The second-order valence-electron chi connectivity index (χ2n) is 9.57. The molecule has 172 valence electrons. The maximum atomic E-state index is 13.9. The van der Waals surface area contributed by atoms with Crippen LogP contribution in [0.4, 0.5) is 10.2 Å². The molecule has 0 unspecified atom stereocenters. The molecule has 6 nitrogen and oxygen atoms in total. The van der Waals surface area contributed by atoms with E-state index in [1.54, 1.807) is 6.20 Å². The summed E-state index contributed by atoms with van der Waals surface area (Å²) in [7, 11) is 0. The van der Waals surface area contributed by atoms with E-state index in [-0.39, 0.29) is 17.8 Å². The Morgan fingerprint density at radius 2 is 2.06 bits per heavy atom. The van der Waals surface area contributed by atoms with Gasteiger partial charge in [0.15, 0.2) is 5.65 Å². The average Bonchev–Trinajstić information content (AvgIpc) is 3.42. The summed E-state index contributed by atoms with van der Waals surface area (Å²) in [6.45, 7) is 6.41. The maximum absolute atomic E-state index is 13.9. The average molecular weight is 455 g/mol. The minimum absolute atomic E-state index is 0.253. The number of benzene rings is 1. The Bertz CT molecular complexity index is 1530. The highest BCUT2D eigenvalue weighted by Gasteiger charge is 2.24. The van der Waals surface area contributed by atoms with E-state index < -0.39 is 0 Å². The van der Waals surface area contributed by atoms with E-state index in [1.807, 2.05) is 16.8 Å². The molecule has 2 N–H and O–H groups in total. The van der Waals surface area contributed by atoms with Crippen LogP contribution in [0.2, 0.25) is 0 Å². The lowest BCUT2D eigenvalue weighted by molar-refractivity contribution is 0.603. The molecular weight excluding hydrogens is 427 g/mol. The zero-order valence-electron chi connectivity index (χ0n) is 19.6. The summed E-state index contributed by atoms with van der Waals surface area (Å²) >= 11 is 0. The van der Waals surface area contributed by atoms with Gasteiger partial charge in [-0.05, 0) is 49.3 Å². The number of rotatable bonds is 4. The first-order valence-corrected chi connectivity index (χ1v) is 11.8. The molecule has 0 saturated heterocycles. The lowest BCUT2D eigenvalue weighted by Crippen LogP contribution is -2.28. The van der Waals surface area contributed by atoms with E-state index in [4.69, 9.17) is 4.98 Å². The van der Waals surface area contributed by atoms with Crippen LogP contribution in [0.5, 0.6) is 0 Å². The zero-order chi connectivity index (χ0) is 23.4. The van der Waals surface area contributed by atoms with Crippen LogP contribution in [0.1, 0.15) is 48.6 Å². The fourth-order valence-electron chi connectivity index (χ4n) is 5.11. The second kappa shape index (κ2) is 7.94. The number of hydrogen-bond acceptors (Lipinski definition) is 4. The highest BCUT2D eigenvalue weighted by atomic mass is 19.1. The molecule has 7 heteroatoms. The van der Waals surface area contributed by atoms with E-state index in [1.165, 1.54) is 40.0 Å². The second-order valence-corrected chi connectivity index (χ2v) is 9.57. The van der Waals surface area contributed by atoms with Gasteiger partial charge in [-0.1, -0.05) is 32.0 Å². The monoisotopic (exact) mass is 454 g/mol. The number of halogens is 1. The summed E-state index contributed by atoms with van der Waals surface area (Å²) in [5.41, 5.74) is 8.45. The van der Waals surface area contributed by atoms with Crippen LogP contribution in [-0.4, -0.2) is 30.6 Å². The first-order chi connectivity index (χ1) is 16.5. The van der Waals surface area contributed by atoms with Crippen LogP contribution in [-0.2, 0) is 12.8 Å². The summed E-state index contributed by atoms with van der Waals surface area (Å²) in [5.74, 6) is 0.756. The Morgan fingerprint density at radius 3 is 2.88 bits per heavy atom. The molecule has 6 rings (SSSR count). The molecule has 0 radical (unpaired) electrons. The van der Waals surface area contributed by atoms with Crippen LogP contribution in [0.25, 0.3) is 27.8 Å². The number of hydrogen-bond donors (Lipinski definition) is 2. The molecule has 0 spiro atoms. The molecule has 0 fully saturated rings. The molecule has 0 aliphatic heterocycles. The molecule has 1 atom stereocenters. The summed E-state index contributed by atoms with van der Waals surface area (Å²) in [5, 5.41) is 9.71. The number of nitrogens with one attached hydrogen (secondary N) is 2. The van der Waals surface area contributed by atoms with Gasteiger partial charge in [-0.15, -0.1) is 0 Å². The van der Waals surface area contributed by atoms with Gasteiger partial charge in [-0.3, -0.25) is 4.98 Å². The summed E-state index contributed by atoms with van der Waals surface area (Å²) in [6.07, 6.45) is 7.68. The fourth-order valence-corrected chi connectivity index (χ4v) is 5.11. The quantitative estimate of drug-likeness (QED) is 0.359. The summed E-state index contributed by atoms with van der Waals surface area (Å²) in [4.78, 5) is 12.5. The lowest BCUT2D eigenvalue weighted by Gasteiger charge is -2.25. The first kappa shape index (κ1) is 20.8. The van der Waals surface area contributed by atoms with Crippen molar-refractivity contribution in [2.24, 2.45) is 0 Å². The summed E-state index contributed by atoms with van der Waals surface area (Å²) < 4.78 is 15.8. The Hall–Kier alpha value is -3.74. The number of anilines is 1. The third kappa shape index (κ3) is 3.43. The van der Waals surface area contributed by atoms with Crippen molar-refractivity contribution in [1.29, 1.82) is 0 Å². The Balaban J connectivity index is 1.41. The Morgan fingerprint density at radius 1 is 1.18 bits per heavy atom. The van der Waals surface area contributed by atoms with Gasteiger partial charge in [0.05, 0.1) is 18.1 Å². The molecule has 4 heterocycles. The van der Waals surface area contributed by atoms with Crippen molar-refractivity contribution in [2.45, 2.75) is 52.0 Å². The maximum Gasteiger partial charge on any atom is 0.161 e. The SMILES string of the molecule is Cc1cccc2c3c([nH]c12)CC[C@H](Nc1cc(-c2cncc(F)c2)nc2c(C(C)C)cnn12)C3. The van der Waals surface area contributed by atoms with Crippen molar-refractivity contribution in [1.82, 2.24) is 24.6 Å². The van der Waals surface area contributed by atoms with Gasteiger partial charge in [0, 0.05) is 46.0 Å². The van der Waals surface area contributed by atoms with E-state index in [0.717, 1.165) is 36.3 Å². The number of aromatic nitrogens is 5. The van der Waals surface area contributed by atoms with Gasteiger partial charge in [0.25, 0.3) is 0 Å². The predicted molar refractivity (Wildman–Crippen MR) is 133 cm³/mol. The molecule has 5 aromatic rings. The number of aryl methyl sites for hydroxylation is 2. The van der Waals surface area contributed by atoms with Gasteiger partial charge in [0.1, 0.15) is 11.6 Å². The largest absolute Gasteiger partial charge is 0.367 e. The third-order valence-electron chi connectivity index (χ3n) is 6.91. The van der Waals surface area contributed by atoms with Crippen LogP contribution >= 0.6 is 0 Å². The highest BCUT2D eigenvalue weighted by Crippen LogP contribution is 2.33. The number of nitrogens with zero attached hydrogens (tertiary/aromatic N) is 4. The van der Waals surface area contributed by atoms with Crippen molar-refractivity contribution in [2.75, 3.05) is 5.32 Å². The molecule has 34 heavy (non-hydrogen) atoms. The van der Waals surface area contributed by atoms with Crippen LogP contribution in [0.15, 0.2) is 48.9 Å². The number of para-hydroxylation sites is 1. The topological polar surface area (TPSA) is 70.9 Å². The van der Waals surface area contributed by atoms with Gasteiger partial charge >= 0.3 is 0 Å². The van der Waals surface area contributed by atoms with E-state index >= 15 is 0 Å². The van der Waals surface area contributed by atoms with Gasteiger partial charge < -0.3 is 10.3 Å². The normalized spacial score (nSPS) is 15.9. The molecule has 1 aliphatic rings. The molecule has 4 aromatic heterocycles. The minimum Gasteiger partial charge on any atom is -0.367 e. The predicted octanol–water partition coefficient (Wildman–Crippen LogP) is 5.81. The van der Waals surface area contributed by atoms with E-state index in [9.17, 15) is 4.39 Å². The molecule has 1 aliphatic carbocycles. The lowest BCUT2D eigenvalue weighted by atomic mass is 9.91. The molecule has 0 bridgehead atoms. The van der Waals surface area contributed by atoms with Crippen molar-refractivity contribution >= 4 is 22.4 Å². The smallest absolute Gasteiger partial charge is 0.161 e.